The molecule has 0 saturated carbocycles. The van der Waals surface area contributed by atoms with Gasteiger partial charge in [-0.1, -0.05) is 17.4 Å². The number of morpholine rings is 1. The van der Waals surface area contributed by atoms with Crippen LogP contribution in [0.4, 0.5) is 5.69 Å². The van der Waals surface area contributed by atoms with Gasteiger partial charge in [0, 0.05) is 25.2 Å². The maximum Gasteiger partial charge on any atom is 0.269 e. The van der Waals surface area contributed by atoms with Gasteiger partial charge in [-0.05, 0) is 23.8 Å². The van der Waals surface area contributed by atoms with Gasteiger partial charge in [0.2, 0.25) is 4.96 Å². The van der Waals surface area contributed by atoms with Crippen LogP contribution in [-0.2, 0) is 11.3 Å². The fourth-order valence-electron chi connectivity index (χ4n) is 2.67. The summed E-state index contributed by atoms with van der Waals surface area (Å²) in [7, 11) is 0. The second-order valence-electron chi connectivity index (χ2n) is 5.82. The standard InChI is InChI=1S/C16H16N6O3S/c23-22(24)13-4-1-12(2-5-13)3-6-15-19-21-14(17-18-16(21)26-15)11-20-7-9-25-10-8-20/h1-6H,7-11H2/b6-3+. The Morgan fingerprint density at radius 2 is 1.96 bits per heavy atom. The largest absolute Gasteiger partial charge is 0.379 e. The van der Waals surface area contributed by atoms with Crippen LogP contribution in [-0.4, -0.2) is 55.9 Å². The van der Waals surface area contributed by atoms with Crippen molar-refractivity contribution in [2.24, 2.45) is 0 Å². The predicted molar refractivity (Wildman–Crippen MR) is 96.8 cm³/mol. The van der Waals surface area contributed by atoms with Crippen molar-refractivity contribution in [1.82, 2.24) is 24.7 Å². The Kier molecular flexibility index (Phi) is 4.69. The van der Waals surface area contributed by atoms with Gasteiger partial charge in [-0.2, -0.15) is 9.61 Å². The Morgan fingerprint density at radius 1 is 1.19 bits per heavy atom. The molecule has 2 aromatic heterocycles. The van der Waals surface area contributed by atoms with Crippen LogP contribution in [0.2, 0.25) is 0 Å². The number of nitro groups is 1. The highest BCUT2D eigenvalue weighted by Crippen LogP contribution is 2.19. The van der Waals surface area contributed by atoms with Crippen LogP contribution >= 0.6 is 11.3 Å². The summed E-state index contributed by atoms with van der Waals surface area (Å²) < 4.78 is 7.13. The molecule has 1 aromatic carbocycles. The molecule has 1 aliphatic heterocycles. The van der Waals surface area contributed by atoms with Crippen molar-refractivity contribution >= 4 is 34.1 Å². The molecule has 0 unspecified atom stereocenters. The van der Waals surface area contributed by atoms with E-state index in [-0.39, 0.29) is 5.69 Å². The summed E-state index contributed by atoms with van der Waals surface area (Å²) in [5.74, 6) is 0.813. The third-order valence-corrected chi connectivity index (χ3v) is 4.93. The van der Waals surface area contributed by atoms with E-state index in [1.165, 1.54) is 23.5 Å². The second-order valence-corrected chi connectivity index (χ2v) is 6.81. The topological polar surface area (TPSA) is 98.7 Å². The monoisotopic (exact) mass is 372 g/mol. The first-order valence-electron chi connectivity index (χ1n) is 8.13. The van der Waals surface area contributed by atoms with Gasteiger partial charge in [0.15, 0.2) is 5.82 Å². The molecule has 26 heavy (non-hydrogen) atoms. The first kappa shape index (κ1) is 16.8. The van der Waals surface area contributed by atoms with Crippen LogP contribution in [0.1, 0.15) is 16.4 Å². The van der Waals surface area contributed by atoms with Crippen LogP contribution in [0.3, 0.4) is 0 Å². The van der Waals surface area contributed by atoms with E-state index in [1.807, 2.05) is 12.2 Å². The molecule has 1 saturated heterocycles. The smallest absolute Gasteiger partial charge is 0.269 e. The Labute approximate surface area is 152 Å². The number of ether oxygens (including phenoxy) is 1. The molecule has 3 heterocycles. The average molecular weight is 372 g/mol. The summed E-state index contributed by atoms with van der Waals surface area (Å²) in [6.45, 7) is 3.93. The number of nitrogens with zero attached hydrogens (tertiary/aromatic N) is 6. The lowest BCUT2D eigenvalue weighted by Gasteiger charge is -2.25. The van der Waals surface area contributed by atoms with E-state index in [0.717, 1.165) is 47.7 Å². The first-order chi connectivity index (χ1) is 12.7. The number of hydrogen-bond donors (Lipinski definition) is 0. The molecule has 0 bridgehead atoms. The Hall–Kier alpha value is -2.69. The highest BCUT2D eigenvalue weighted by Gasteiger charge is 2.16. The number of aromatic nitrogens is 4. The zero-order chi connectivity index (χ0) is 17.9. The summed E-state index contributed by atoms with van der Waals surface area (Å²) in [6, 6.07) is 6.38. The molecule has 0 aliphatic carbocycles. The van der Waals surface area contributed by atoms with Crippen LogP contribution in [0.5, 0.6) is 0 Å². The molecule has 0 N–H and O–H groups in total. The van der Waals surface area contributed by atoms with Crippen molar-refractivity contribution in [1.29, 1.82) is 0 Å². The summed E-state index contributed by atoms with van der Waals surface area (Å²) in [6.07, 6.45) is 3.75. The van der Waals surface area contributed by atoms with Gasteiger partial charge in [0.1, 0.15) is 5.01 Å². The fourth-order valence-corrected chi connectivity index (χ4v) is 3.43. The third-order valence-electron chi connectivity index (χ3n) is 4.06. The minimum Gasteiger partial charge on any atom is -0.379 e. The van der Waals surface area contributed by atoms with Gasteiger partial charge in [-0.15, -0.1) is 10.2 Å². The van der Waals surface area contributed by atoms with Gasteiger partial charge in [0.05, 0.1) is 24.7 Å². The van der Waals surface area contributed by atoms with Gasteiger partial charge in [-0.3, -0.25) is 15.0 Å². The number of fused-ring (bicyclic) bond motifs is 1. The molecule has 10 heteroatoms. The Morgan fingerprint density at radius 3 is 2.69 bits per heavy atom. The lowest BCUT2D eigenvalue weighted by molar-refractivity contribution is -0.384. The van der Waals surface area contributed by atoms with Crippen LogP contribution in [0.25, 0.3) is 17.1 Å². The van der Waals surface area contributed by atoms with Crippen molar-refractivity contribution in [2.45, 2.75) is 6.54 Å². The fraction of sp³-hybridized carbons (Fsp3) is 0.312. The van der Waals surface area contributed by atoms with Gasteiger partial charge in [0.25, 0.3) is 5.69 Å². The van der Waals surface area contributed by atoms with Crippen LogP contribution in [0.15, 0.2) is 24.3 Å². The summed E-state index contributed by atoms with van der Waals surface area (Å²) in [4.78, 5) is 13.3. The number of hydrogen-bond acceptors (Lipinski definition) is 8. The summed E-state index contributed by atoms with van der Waals surface area (Å²) >= 11 is 1.45. The van der Waals surface area contributed by atoms with E-state index < -0.39 is 4.92 Å². The molecule has 0 amide bonds. The lowest BCUT2D eigenvalue weighted by atomic mass is 10.2. The van der Waals surface area contributed by atoms with E-state index in [0.29, 0.717) is 6.54 Å². The van der Waals surface area contributed by atoms with Crippen molar-refractivity contribution in [3.8, 4) is 0 Å². The molecule has 3 aromatic rings. The minimum atomic E-state index is -0.410. The van der Waals surface area contributed by atoms with E-state index in [4.69, 9.17) is 4.74 Å². The zero-order valence-corrected chi connectivity index (χ0v) is 14.6. The first-order valence-corrected chi connectivity index (χ1v) is 8.94. The molecule has 134 valence electrons. The average Bonchev–Trinajstić information content (AvgIpc) is 3.23. The maximum absolute atomic E-state index is 10.7. The molecule has 1 aliphatic rings. The molecule has 9 nitrogen and oxygen atoms in total. The molecule has 0 atom stereocenters. The highest BCUT2D eigenvalue weighted by atomic mass is 32.1. The van der Waals surface area contributed by atoms with E-state index in [9.17, 15) is 10.1 Å². The second kappa shape index (κ2) is 7.28. The minimum absolute atomic E-state index is 0.0775. The molecule has 0 spiro atoms. The van der Waals surface area contributed by atoms with Crippen molar-refractivity contribution in [3.05, 3.63) is 50.8 Å². The highest BCUT2D eigenvalue weighted by molar-refractivity contribution is 7.17. The zero-order valence-electron chi connectivity index (χ0n) is 13.8. The van der Waals surface area contributed by atoms with Crippen LogP contribution in [0, 0.1) is 10.1 Å². The van der Waals surface area contributed by atoms with E-state index in [1.54, 1.807) is 16.6 Å². The third kappa shape index (κ3) is 3.62. The molecular weight excluding hydrogens is 356 g/mol. The number of benzene rings is 1. The van der Waals surface area contributed by atoms with E-state index in [2.05, 4.69) is 20.2 Å². The SMILES string of the molecule is O=[N+]([O-])c1ccc(/C=C/c2nn3c(CN4CCOCC4)nnc3s2)cc1. The Bertz CT molecular complexity index is 943. The molecular formula is C16H16N6O3S. The number of nitro benzene ring substituents is 1. The van der Waals surface area contributed by atoms with Gasteiger partial charge in [-0.25, -0.2) is 0 Å². The normalized spacial score (nSPS) is 15.8. The Balaban J connectivity index is 1.49. The lowest BCUT2D eigenvalue weighted by Crippen LogP contribution is -2.36. The van der Waals surface area contributed by atoms with Crippen molar-refractivity contribution in [2.75, 3.05) is 26.3 Å². The number of non-ortho nitro benzene ring substituents is 1. The molecule has 4 rings (SSSR count). The van der Waals surface area contributed by atoms with Crippen molar-refractivity contribution in [3.63, 3.8) is 0 Å². The summed E-state index contributed by atoms with van der Waals surface area (Å²) in [5, 5.41) is 24.5. The van der Waals surface area contributed by atoms with Crippen LogP contribution < -0.4 is 0 Å². The number of rotatable bonds is 5. The molecule has 0 radical (unpaired) electrons. The summed E-state index contributed by atoms with van der Waals surface area (Å²) in [5.41, 5.74) is 0.948. The quantitative estimate of drug-likeness (QED) is 0.499. The maximum atomic E-state index is 10.7. The van der Waals surface area contributed by atoms with Gasteiger partial charge >= 0.3 is 0 Å². The van der Waals surface area contributed by atoms with Crippen molar-refractivity contribution < 1.29 is 9.66 Å². The molecule has 1 fully saturated rings. The predicted octanol–water partition coefficient (Wildman–Crippen LogP) is 2.10. The van der Waals surface area contributed by atoms with E-state index >= 15 is 0 Å². The van der Waals surface area contributed by atoms with Gasteiger partial charge < -0.3 is 4.74 Å².